The number of anilines is 1. The van der Waals surface area contributed by atoms with Crippen molar-refractivity contribution in [2.45, 2.75) is 13.5 Å². The quantitative estimate of drug-likeness (QED) is 0.851. The Hall–Kier alpha value is -2.41. The van der Waals surface area contributed by atoms with Crippen LogP contribution in [-0.4, -0.2) is 54.3 Å². The highest BCUT2D eigenvalue weighted by Gasteiger charge is 2.26. The van der Waals surface area contributed by atoms with Crippen LogP contribution in [0, 0.1) is 6.92 Å². The normalized spacial score (nSPS) is 14.5. The maximum absolute atomic E-state index is 12.5. The Balaban J connectivity index is 1.87. The third-order valence-corrected chi connectivity index (χ3v) is 3.90. The van der Waals surface area contributed by atoms with Gasteiger partial charge < -0.3 is 19.1 Å². The molecule has 0 saturated heterocycles. The molecule has 7 nitrogen and oxygen atoms in total. The first-order valence-electron chi connectivity index (χ1n) is 7.59. The number of methoxy groups -OCH3 is 1. The van der Waals surface area contributed by atoms with Gasteiger partial charge in [0, 0.05) is 50.6 Å². The average Bonchev–Trinajstić information content (AvgIpc) is 3.03. The van der Waals surface area contributed by atoms with Crippen LogP contribution in [0.15, 0.2) is 28.9 Å². The lowest BCUT2D eigenvalue weighted by molar-refractivity contribution is 0.0709. The SMILES string of the molecule is COCCN1CCN(C(=O)c2ccno2)Cc2ccc(C)nc21. The van der Waals surface area contributed by atoms with Crippen LogP contribution < -0.4 is 4.90 Å². The van der Waals surface area contributed by atoms with E-state index in [4.69, 9.17) is 9.26 Å². The fourth-order valence-electron chi connectivity index (χ4n) is 2.68. The van der Waals surface area contributed by atoms with Gasteiger partial charge in [-0.3, -0.25) is 4.79 Å². The predicted molar refractivity (Wildman–Crippen MR) is 84.3 cm³/mol. The van der Waals surface area contributed by atoms with Crippen molar-refractivity contribution in [1.82, 2.24) is 15.0 Å². The third-order valence-electron chi connectivity index (χ3n) is 3.90. The van der Waals surface area contributed by atoms with Crippen LogP contribution in [0.3, 0.4) is 0 Å². The van der Waals surface area contributed by atoms with Crippen LogP contribution in [0.1, 0.15) is 21.8 Å². The molecule has 2 aromatic rings. The Morgan fingerprint density at radius 3 is 2.96 bits per heavy atom. The third kappa shape index (κ3) is 3.34. The van der Waals surface area contributed by atoms with Crippen LogP contribution in [0.5, 0.6) is 0 Å². The molecule has 0 bridgehead atoms. The summed E-state index contributed by atoms with van der Waals surface area (Å²) in [5, 5.41) is 3.61. The molecule has 7 heteroatoms. The minimum atomic E-state index is -0.150. The summed E-state index contributed by atoms with van der Waals surface area (Å²) in [7, 11) is 1.68. The molecular weight excluding hydrogens is 296 g/mol. The van der Waals surface area contributed by atoms with Crippen molar-refractivity contribution in [2.24, 2.45) is 0 Å². The molecule has 3 rings (SSSR count). The van der Waals surface area contributed by atoms with E-state index in [0.29, 0.717) is 26.2 Å². The van der Waals surface area contributed by atoms with Crippen molar-refractivity contribution >= 4 is 11.7 Å². The number of carbonyl (C=O) groups excluding carboxylic acids is 1. The maximum atomic E-state index is 12.5. The molecule has 0 radical (unpaired) electrons. The van der Waals surface area contributed by atoms with Gasteiger partial charge in [0.1, 0.15) is 5.82 Å². The number of hydrogen-bond donors (Lipinski definition) is 0. The molecule has 23 heavy (non-hydrogen) atoms. The van der Waals surface area contributed by atoms with Crippen molar-refractivity contribution in [1.29, 1.82) is 0 Å². The Kier molecular flexibility index (Phi) is 4.57. The minimum absolute atomic E-state index is 0.150. The highest BCUT2D eigenvalue weighted by molar-refractivity contribution is 5.91. The van der Waals surface area contributed by atoms with E-state index in [9.17, 15) is 4.79 Å². The van der Waals surface area contributed by atoms with E-state index in [1.54, 1.807) is 18.1 Å². The molecule has 122 valence electrons. The molecular formula is C16H20N4O3. The molecule has 0 aromatic carbocycles. The standard InChI is InChI=1S/C16H20N4O3/c1-12-3-4-13-11-20(16(21)14-5-6-17-23-14)8-7-19(9-10-22-2)15(13)18-12/h3-6H,7-11H2,1-2H3. The van der Waals surface area contributed by atoms with Gasteiger partial charge in [-0.25, -0.2) is 4.98 Å². The van der Waals surface area contributed by atoms with E-state index >= 15 is 0 Å². The monoisotopic (exact) mass is 316 g/mol. The Labute approximate surface area is 134 Å². The molecule has 0 aliphatic carbocycles. The average molecular weight is 316 g/mol. The number of rotatable bonds is 4. The lowest BCUT2D eigenvalue weighted by atomic mass is 10.2. The number of pyridine rings is 1. The summed E-state index contributed by atoms with van der Waals surface area (Å²) in [6, 6.07) is 5.59. The first-order valence-corrected chi connectivity index (χ1v) is 7.59. The van der Waals surface area contributed by atoms with Gasteiger partial charge in [0.25, 0.3) is 5.91 Å². The number of nitrogens with zero attached hydrogens (tertiary/aromatic N) is 4. The Morgan fingerprint density at radius 2 is 2.22 bits per heavy atom. The van der Waals surface area contributed by atoms with E-state index in [0.717, 1.165) is 23.6 Å². The summed E-state index contributed by atoms with van der Waals surface area (Å²) in [6.07, 6.45) is 1.48. The van der Waals surface area contributed by atoms with Gasteiger partial charge >= 0.3 is 0 Å². The van der Waals surface area contributed by atoms with E-state index in [2.05, 4.69) is 15.0 Å². The minimum Gasteiger partial charge on any atom is -0.383 e. The molecule has 1 amide bonds. The van der Waals surface area contributed by atoms with E-state index < -0.39 is 0 Å². The Bertz CT molecular complexity index is 672. The zero-order valence-corrected chi connectivity index (χ0v) is 13.4. The van der Waals surface area contributed by atoms with Gasteiger partial charge in [-0.1, -0.05) is 11.2 Å². The number of ether oxygens (including phenoxy) is 1. The first-order chi connectivity index (χ1) is 11.2. The largest absolute Gasteiger partial charge is 0.383 e. The number of carbonyl (C=O) groups is 1. The van der Waals surface area contributed by atoms with E-state index in [1.165, 1.54) is 6.20 Å². The van der Waals surface area contributed by atoms with Crippen molar-refractivity contribution in [2.75, 3.05) is 38.3 Å². The fraction of sp³-hybridized carbons (Fsp3) is 0.438. The number of hydrogen-bond acceptors (Lipinski definition) is 6. The summed E-state index contributed by atoms with van der Waals surface area (Å²) >= 11 is 0. The molecule has 0 atom stereocenters. The van der Waals surface area contributed by atoms with Gasteiger partial charge in [0.2, 0.25) is 5.76 Å². The lowest BCUT2D eigenvalue weighted by Gasteiger charge is -2.23. The summed E-state index contributed by atoms with van der Waals surface area (Å²) in [4.78, 5) is 21.1. The van der Waals surface area contributed by atoms with Gasteiger partial charge in [0.15, 0.2) is 0 Å². The number of aromatic nitrogens is 2. The van der Waals surface area contributed by atoms with E-state index in [-0.39, 0.29) is 11.7 Å². The van der Waals surface area contributed by atoms with E-state index in [1.807, 2.05) is 19.1 Å². The smallest absolute Gasteiger partial charge is 0.292 e. The summed E-state index contributed by atoms with van der Waals surface area (Å²) in [6.45, 7) is 5.13. The zero-order chi connectivity index (χ0) is 16.2. The highest BCUT2D eigenvalue weighted by Crippen LogP contribution is 2.24. The van der Waals surface area contributed by atoms with Crippen LogP contribution in [0.4, 0.5) is 5.82 Å². The highest BCUT2D eigenvalue weighted by atomic mass is 16.5. The van der Waals surface area contributed by atoms with Gasteiger partial charge in [-0.2, -0.15) is 0 Å². The number of aryl methyl sites for hydroxylation is 1. The van der Waals surface area contributed by atoms with Crippen molar-refractivity contribution in [3.05, 3.63) is 41.4 Å². The van der Waals surface area contributed by atoms with Crippen molar-refractivity contribution < 1.29 is 14.1 Å². The molecule has 1 aliphatic heterocycles. The summed E-state index contributed by atoms with van der Waals surface area (Å²) < 4.78 is 10.2. The fourth-order valence-corrected chi connectivity index (χ4v) is 2.68. The predicted octanol–water partition coefficient (Wildman–Crippen LogP) is 1.49. The topological polar surface area (TPSA) is 71.7 Å². The first kappa shape index (κ1) is 15.5. The molecule has 0 unspecified atom stereocenters. The summed E-state index contributed by atoms with van der Waals surface area (Å²) in [5.74, 6) is 1.04. The molecule has 0 spiro atoms. The van der Waals surface area contributed by atoms with Crippen molar-refractivity contribution in [3.8, 4) is 0 Å². The van der Waals surface area contributed by atoms with Gasteiger partial charge in [0.05, 0.1) is 12.8 Å². The van der Waals surface area contributed by atoms with Gasteiger partial charge in [-0.05, 0) is 13.0 Å². The molecule has 2 aromatic heterocycles. The molecule has 1 aliphatic rings. The van der Waals surface area contributed by atoms with Gasteiger partial charge in [-0.15, -0.1) is 0 Å². The Morgan fingerprint density at radius 1 is 1.35 bits per heavy atom. The second-order valence-corrected chi connectivity index (χ2v) is 5.52. The lowest BCUT2D eigenvalue weighted by Crippen LogP contribution is -2.36. The maximum Gasteiger partial charge on any atom is 0.292 e. The second kappa shape index (κ2) is 6.78. The molecule has 0 fully saturated rings. The van der Waals surface area contributed by atoms with Crippen LogP contribution >= 0.6 is 0 Å². The number of fused-ring (bicyclic) bond motifs is 1. The van der Waals surface area contributed by atoms with Crippen molar-refractivity contribution in [3.63, 3.8) is 0 Å². The van der Waals surface area contributed by atoms with Crippen LogP contribution in [0.2, 0.25) is 0 Å². The second-order valence-electron chi connectivity index (χ2n) is 5.52. The zero-order valence-electron chi connectivity index (χ0n) is 13.4. The molecule has 3 heterocycles. The molecule has 0 saturated carbocycles. The van der Waals surface area contributed by atoms with Crippen LogP contribution in [-0.2, 0) is 11.3 Å². The summed E-state index contributed by atoms with van der Waals surface area (Å²) in [5.41, 5.74) is 1.98. The van der Waals surface area contributed by atoms with Crippen LogP contribution in [0.25, 0.3) is 0 Å². The number of amides is 1. The molecule has 0 N–H and O–H groups in total.